The van der Waals surface area contributed by atoms with E-state index in [0.29, 0.717) is 24.0 Å². The van der Waals surface area contributed by atoms with Gasteiger partial charge in [0.15, 0.2) is 0 Å². The van der Waals surface area contributed by atoms with Gasteiger partial charge in [0.05, 0.1) is 5.56 Å². The number of hydrogen-bond donors (Lipinski definition) is 0. The van der Waals surface area contributed by atoms with Gasteiger partial charge in [0.25, 0.3) is 5.91 Å². The zero-order chi connectivity index (χ0) is 13.1. The maximum Gasteiger partial charge on any atom is 0.256 e. The Kier molecular flexibility index (Phi) is 4.62. The van der Waals surface area contributed by atoms with E-state index >= 15 is 0 Å². The SMILES string of the molecule is O=C(c1cc(Cl)ccc1F)N1CCCC(CBr)C1. The first-order chi connectivity index (χ1) is 8.61. The van der Waals surface area contributed by atoms with Crippen molar-refractivity contribution in [3.05, 3.63) is 34.6 Å². The Balaban J connectivity index is 2.17. The largest absolute Gasteiger partial charge is 0.338 e. The first kappa shape index (κ1) is 13.8. The topological polar surface area (TPSA) is 20.3 Å². The smallest absolute Gasteiger partial charge is 0.256 e. The highest BCUT2D eigenvalue weighted by Crippen LogP contribution is 2.22. The van der Waals surface area contributed by atoms with Crippen LogP contribution in [0, 0.1) is 11.7 Å². The summed E-state index contributed by atoms with van der Waals surface area (Å²) in [5, 5.41) is 1.25. The normalized spacial score (nSPS) is 19.9. The van der Waals surface area contributed by atoms with Crippen molar-refractivity contribution >= 4 is 33.4 Å². The van der Waals surface area contributed by atoms with Gasteiger partial charge in [0.1, 0.15) is 5.82 Å². The van der Waals surface area contributed by atoms with Gasteiger partial charge in [0, 0.05) is 23.4 Å². The van der Waals surface area contributed by atoms with Crippen molar-refractivity contribution in [2.45, 2.75) is 12.8 Å². The molecule has 2 rings (SSSR count). The summed E-state index contributed by atoms with van der Waals surface area (Å²) in [7, 11) is 0. The van der Waals surface area contributed by atoms with Crippen molar-refractivity contribution in [1.82, 2.24) is 4.90 Å². The fourth-order valence-corrected chi connectivity index (χ4v) is 2.91. The molecule has 1 atom stereocenters. The Hall–Kier alpha value is -0.610. The van der Waals surface area contributed by atoms with E-state index in [9.17, 15) is 9.18 Å². The van der Waals surface area contributed by atoms with Crippen LogP contribution >= 0.6 is 27.5 Å². The van der Waals surface area contributed by atoms with E-state index in [-0.39, 0.29) is 11.5 Å². The van der Waals surface area contributed by atoms with Crippen LogP contribution in [0.1, 0.15) is 23.2 Å². The molecule has 0 bridgehead atoms. The van der Waals surface area contributed by atoms with E-state index < -0.39 is 5.82 Å². The predicted molar refractivity (Wildman–Crippen MR) is 73.8 cm³/mol. The summed E-state index contributed by atoms with van der Waals surface area (Å²) in [6.07, 6.45) is 2.07. The molecule has 18 heavy (non-hydrogen) atoms. The van der Waals surface area contributed by atoms with E-state index in [1.54, 1.807) is 4.90 Å². The van der Waals surface area contributed by atoms with Crippen LogP contribution in [-0.2, 0) is 0 Å². The Morgan fingerprint density at radius 1 is 1.56 bits per heavy atom. The summed E-state index contributed by atoms with van der Waals surface area (Å²) >= 11 is 9.25. The van der Waals surface area contributed by atoms with E-state index in [4.69, 9.17) is 11.6 Å². The standard InChI is InChI=1S/C13H14BrClFNO/c14-7-9-2-1-5-17(8-9)13(18)11-6-10(15)3-4-12(11)16/h3-4,6,9H,1-2,5,7-8H2. The highest BCUT2D eigenvalue weighted by atomic mass is 79.9. The number of benzene rings is 1. The third kappa shape index (κ3) is 3.04. The third-order valence-electron chi connectivity index (χ3n) is 3.18. The molecule has 1 heterocycles. The van der Waals surface area contributed by atoms with E-state index in [2.05, 4.69) is 15.9 Å². The van der Waals surface area contributed by atoms with Crippen LogP contribution in [0.25, 0.3) is 0 Å². The zero-order valence-corrected chi connectivity index (χ0v) is 12.2. The fraction of sp³-hybridized carbons (Fsp3) is 0.462. The van der Waals surface area contributed by atoms with Crippen molar-refractivity contribution in [1.29, 1.82) is 0 Å². The Morgan fingerprint density at radius 3 is 3.06 bits per heavy atom. The average molecular weight is 335 g/mol. The molecule has 0 radical (unpaired) electrons. The molecule has 2 nitrogen and oxygen atoms in total. The molecule has 5 heteroatoms. The maximum atomic E-state index is 13.6. The molecule has 1 fully saturated rings. The number of nitrogens with zero attached hydrogens (tertiary/aromatic N) is 1. The molecule has 98 valence electrons. The molecule has 1 aromatic rings. The number of amides is 1. The van der Waals surface area contributed by atoms with Crippen molar-refractivity contribution < 1.29 is 9.18 Å². The molecule has 1 aliphatic rings. The van der Waals surface area contributed by atoms with Crippen LogP contribution in [-0.4, -0.2) is 29.2 Å². The highest BCUT2D eigenvalue weighted by molar-refractivity contribution is 9.09. The molecule has 1 aromatic carbocycles. The second-order valence-electron chi connectivity index (χ2n) is 4.54. The van der Waals surface area contributed by atoms with Crippen molar-refractivity contribution in [2.24, 2.45) is 5.92 Å². The molecule has 1 saturated heterocycles. The molecule has 1 unspecified atom stereocenters. The number of likely N-dealkylation sites (tertiary alicyclic amines) is 1. The Morgan fingerprint density at radius 2 is 2.33 bits per heavy atom. The van der Waals surface area contributed by atoms with Crippen LogP contribution in [0.5, 0.6) is 0 Å². The second-order valence-corrected chi connectivity index (χ2v) is 5.62. The summed E-state index contributed by atoms with van der Waals surface area (Å²) < 4.78 is 13.6. The number of alkyl halides is 1. The number of hydrogen-bond acceptors (Lipinski definition) is 1. The van der Waals surface area contributed by atoms with Gasteiger partial charge in [-0.05, 0) is 37.0 Å². The van der Waals surface area contributed by atoms with E-state index in [1.165, 1.54) is 18.2 Å². The molecule has 0 N–H and O–H groups in total. The molecular weight excluding hydrogens is 321 g/mol. The van der Waals surface area contributed by atoms with Crippen LogP contribution < -0.4 is 0 Å². The molecule has 0 spiro atoms. The van der Waals surface area contributed by atoms with Crippen molar-refractivity contribution in [2.75, 3.05) is 18.4 Å². The lowest BCUT2D eigenvalue weighted by atomic mass is 9.99. The van der Waals surface area contributed by atoms with Gasteiger partial charge in [-0.1, -0.05) is 27.5 Å². The summed E-state index contributed by atoms with van der Waals surface area (Å²) in [5.41, 5.74) is 0.0673. The Labute approximate surface area is 119 Å². The van der Waals surface area contributed by atoms with Crippen LogP contribution in [0.4, 0.5) is 4.39 Å². The summed E-state index contributed by atoms with van der Waals surface area (Å²) in [6, 6.07) is 4.09. The highest BCUT2D eigenvalue weighted by Gasteiger charge is 2.25. The summed E-state index contributed by atoms with van der Waals surface area (Å²) in [5.74, 6) is -0.323. The number of carbonyl (C=O) groups is 1. The summed E-state index contributed by atoms with van der Waals surface area (Å²) in [6.45, 7) is 1.37. The minimum absolute atomic E-state index is 0.0673. The minimum atomic E-state index is -0.509. The number of halogens is 3. The minimum Gasteiger partial charge on any atom is -0.338 e. The third-order valence-corrected chi connectivity index (χ3v) is 4.33. The summed E-state index contributed by atoms with van der Waals surface area (Å²) in [4.78, 5) is 14.0. The van der Waals surface area contributed by atoms with Gasteiger partial charge in [-0.2, -0.15) is 0 Å². The van der Waals surface area contributed by atoms with Crippen LogP contribution in [0.2, 0.25) is 5.02 Å². The fourth-order valence-electron chi connectivity index (χ4n) is 2.21. The lowest BCUT2D eigenvalue weighted by molar-refractivity contribution is 0.0681. The molecule has 0 aliphatic carbocycles. The predicted octanol–water partition coefficient (Wildman–Crippen LogP) is 3.73. The zero-order valence-electron chi connectivity index (χ0n) is 9.83. The monoisotopic (exact) mass is 333 g/mol. The Bertz CT molecular complexity index is 455. The van der Waals surface area contributed by atoms with Gasteiger partial charge in [-0.3, -0.25) is 4.79 Å². The average Bonchev–Trinajstić information content (AvgIpc) is 2.41. The molecule has 0 aromatic heterocycles. The second kappa shape index (κ2) is 6.02. The van der Waals surface area contributed by atoms with Gasteiger partial charge < -0.3 is 4.90 Å². The number of piperidine rings is 1. The van der Waals surface area contributed by atoms with Crippen LogP contribution in [0.3, 0.4) is 0 Å². The van der Waals surface area contributed by atoms with Crippen molar-refractivity contribution in [3.8, 4) is 0 Å². The first-order valence-electron chi connectivity index (χ1n) is 5.92. The quantitative estimate of drug-likeness (QED) is 0.755. The van der Waals surface area contributed by atoms with Crippen LogP contribution in [0.15, 0.2) is 18.2 Å². The van der Waals surface area contributed by atoms with Gasteiger partial charge in [-0.25, -0.2) is 4.39 Å². The maximum absolute atomic E-state index is 13.6. The van der Waals surface area contributed by atoms with Gasteiger partial charge >= 0.3 is 0 Å². The van der Waals surface area contributed by atoms with E-state index in [1.807, 2.05) is 0 Å². The number of carbonyl (C=O) groups excluding carboxylic acids is 1. The first-order valence-corrected chi connectivity index (χ1v) is 7.42. The van der Waals surface area contributed by atoms with E-state index in [0.717, 1.165) is 18.2 Å². The molecule has 1 aliphatic heterocycles. The molecule has 0 saturated carbocycles. The molecular formula is C13H14BrClFNO. The van der Waals surface area contributed by atoms with Gasteiger partial charge in [-0.15, -0.1) is 0 Å². The molecule has 1 amide bonds. The van der Waals surface area contributed by atoms with Crippen molar-refractivity contribution in [3.63, 3.8) is 0 Å². The van der Waals surface area contributed by atoms with Gasteiger partial charge in [0.2, 0.25) is 0 Å². The lowest BCUT2D eigenvalue weighted by Gasteiger charge is -2.32. The lowest BCUT2D eigenvalue weighted by Crippen LogP contribution is -2.40. The number of rotatable bonds is 2.